The summed E-state index contributed by atoms with van der Waals surface area (Å²) in [5, 5.41) is 0.838. The van der Waals surface area contributed by atoms with E-state index >= 15 is 0 Å². The fourth-order valence-corrected chi connectivity index (χ4v) is 0.594. The summed E-state index contributed by atoms with van der Waals surface area (Å²) in [6, 6.07) is 4.49. The molecule has 2 rings (SSSR count). The van der Waals surface area contributed by atoms with Crippen LogP contribution in [0.1, 0.15) is 0 Å². The third kappa shape index (κ3) is 0.320. The molecular weight excluding hydrogens is 104 g/mol. The second kappa shape index (κ2) is 1.15. The maximum atomic E-state index is 4.83. The van der Waals surface area contributed by atoms with Gasteiger partial charge < -0.3 is 8.83 Å². The molecule has 0 saturated carbocycles. The Hall–Kier alpha value is -1.18. The molecule has 0 saturated heterocycles. The second-order valence-electron chi connectivity index (χ2n) is 1.45. The number of rotatable bonds is 0. The lowest BCUT2D eigenvalue weighted by Crippen LogP contribution is -1.39. The van der Waals surface area contributed by atoms with Gasteiger partial charge in [0, 0.05) is 6.07 Å². The van der Waals surface area contributed by atoms with Crippen molar-refractivity contribution in [1.29, 1.82) is 0 Å². The van der Waals surface area contributed by atoms with Crippen molar-refractivity contribution in [3.8, 4) is 0 Å². The van der Waals surface area contributed by atoms with Gasteiger partial charge in [-0.25, -0.2) is 0 Å². The topological polar surface area (TPSA) is 26.3 Å². The van der Waals surface area contributed by atoms with Gasteiger partial charge in [-0.2, -0.15) is 0 Å². The van der Waals surface area contributed by atoms with E-state index in [-0.39, 0.29) is 0 Å². The summed E-state index contributed by atoms with van der Waals surface area (Å²) in [6.45, 7) is 0. The van der Waals surface area contributed by atoms with Crippen molar-refractivity contribution in [3.05, 3.63) is 24.7 Å². The minimum atomic E-state index is 0.491. The normalized spacial score (nSPS) is 10.5. The number of fused-ring (bicyclic) bond motifs is 1. The predicted octanol–water partition coefficient (Wildman–Crippen LogP) is 1.63. The van der Waals surface area contributed by atoms with Crippen molar-refractivity contribution in [2.45, 2.75) is 0 Å². The average molecular weight is 106 g/mol. The maximum Gasteiger partial charge on any atom is 0.298 e. The van der Waals surface area contributed by atoms with Crippen molar-refractivity contribution in [3.63, 3.8) is 0 Å². The third-order valence-corrected chi connectivity index (χ3v) is 0.959. The largest absolute Gasteiger partial charge is 0.433 e. The molecule has 0 fully saturated rings. The second-order valence-corrected chi connectivity index (χ2v) is 1.45. The highest BCUT2D eigenvalue weighted by atomic mass is 16.5. The van der Waals surface area contributed by atoms with Gasteiger partial charge in [-0.3, -0.25) is 0 Å². The van der Waals surface area contributed by atoms with Crippen LogP contribution in [-0.2, 0) is 0 Å². The van der Waals surface area contributed by atoms with Crippen LogP contribution in [0.15, 0.2) is 21.2 Å². The lowest BCUT2D eigenvalue weighted by Gasteiger charge is -1.65. The Morgan fingerprint density at radius 2 is 2.50 bits per heavy atom. The summed E-state index contributed by atoms with van der Waals surface area (Å²) in [4.78, 5) is 0. The molecule has 0 bridgehead atoms. The van der Waals surface area contributed by atoms with Crippen LogP contribution < -0.4 is 0 Å². The molecule has 2 aromatic rings. The van der Waals surface area contributed by atoms with E-state index in [1.807, 2.05) is 0 Å². The summed E-state index contributed by atoms with van der Waals surface area (Å²) < 4.78 is 9.54. The standard InChI is InChI=1S/C6H2O2/c1-3-7-6-5(1)2-4-8-6/h1,3H. The molecule has 38 valence electrons. The van der Waals surface area contributed by atoms with Gasteiger partial charge >= 0.3 is 0 Å². The smallest absolute Gasteiger partial charge is 0.298 e. The lowest BCUT2D eigenvalue weighted by molar-refractivity contribution is 0.473. The van der Waals surface area contributed by atoms with E-state index in [1.165, 1.54) is 0 Å². The van der Waals surface area contributed by atoms with Crippen LogP contribution >= 0.6 is 0 Å². The van der Waals surface area contributed by atoms with E-state index in [4.69, 9.17) is 8.83 Å². The molecule has 0 aliphatic rings. The van der Waals surface area contributed by atoms with Crippen LogP contribution in [0.5, 0.6) is 0 Å². The first-order valence-corrected chi connectivity index (χ1v) is 2.22. The van der Waals surface area contributed by atoms with Crippen molar-refractivity contribution in [1.82, 2.24) is 0 Å². The third-order valence-electron chi connectivity index (χ3n) is 0.959. The van der Waals surface area contributed by atoms with Crippen LogP contribution in [0.3, 0.4) is 0 Å². The lowest BCUT2D eigenvalue weighted by atomic mass is 10.4. The molecule has 2 radical (unpaired) electrons. The molecule has 0 unspecified atom stereocenters. The fraction of sp³-hybridized carbons (Fsp3) is 0. The monoisotopic (exact) mass is 106 g/mol. The zero-order valence-electron chi connectivity index (χ0n) is 3.97. The SMILES string of the molecule is [c]1[c]c2ccoc2o1. The van der Waals surface area contributed by atoms with Gasteiger partial charge in [0.2, 0.25) is 0 Å². The molecule has 0 atom stereocenters. The highest BCUT2D eigenvalue weighted by Gasteiger charge is 1.96. The molecule has 0 N–H and O–H groups in total. The minimum absolute atomic E-state index is 0.491. The Morgan fingerprint density at radius 3 is 3.38 bits per heavy atom. The zero-order valence-corrected chi connectivity index (χ0v) is 3.97. The molecule has 0 aliphatic heterocycles. The summed E-state index contributed by atoms with van der Waals surface area (Å²) in [7, 11) is 0. The van der Waals surface area contributed by atoms with E-state index in [2.05, 4.69) is 12.3 Å². The summed E-state index contributed by atoms with van der Waals surface area (Å²) in [5.41, 5.74) is 0. The van der Waals surface area contributed by atoms with Crippen molar-refractivity contribution in [2.24, 2.45) is 0 Å². The van der Waals surface area contributed by atoms with E-state index < -0.39 is 0 Å². The van der Waals surface area contributed by atoms with E-state index in [0.29, 0.717) is 5.78 Å². The number of furan rings is 2. The molecule has 0 spiro atoms. The first-order chi connectivity index (χ1) is 3.97. The molecule has 0 amide bonds. The molecular formula is C6H2O2. The summed E-state index contributed by atoms with van der Waals surface area (Å²) >= 11 is 0. The maximum absolute atomic E-state index is 4.83. The molecule has 2 heterocycles. The van der Waals surface area contributed by atoms with Gasteiger partial charge in [-0.05, 0) is 6.07 Å². The summed E-state index contributed by atoms with van der Waals surface area (Å²) in [6.07, 6.45) is 3.98. The molecule has 0 aromatic carbocycles. The van der Waals surface area contributed by atoms with Gasteiger partial charge in [0.25, 0.3) is 5.78 Å². The fourth-order valence-electron chi connectivity index (χ4n) is 0.594. The Balaban J connectivity index is 3.06. The summed E-state index contributed by atoms with van der Waals surface area (Å²) in [5.74, 6) is 0.491. The van der Waals surface area contributed by atoms with Crippen LogP contribution in [0.4, 0.5) is 0 Å². The Bertz CT molecular complexity index is 228. The predicted molar refractivity (Wildman–Crippen MR) is 26.2 cm³/mol. The average Bonchev–Trinajstić information content (AvgIpc) is 2.15. The van der Waals surface area contributed by atoms with Crippen LogP contribution in [0.2, 0.25) is 0 Å². The molecule has 2 nitrogen and oxygen atoms in total. The highest BCUT2D eigenvalue weighted by molar-refractivity contribution is 5.69. The zero-order chi connectivity index (χ0) is 5.40. The van der Waals surface area contributed by atoms with Crippen molar-refractivity contribution < 1.29 is 8.83 Å². The van der Waals surface area contributed by atoms with E-state index in [9.17, 15) is 0 Å². The number of hydrogen-bond acceptors (Lipinski definition) is 2. The van der Waals surface area contributed by atoms with E-state index in [1.54, 1.807) is 12.3 Å². The van der Waals surface area contributed by atoms with Gasteiger partial charge in [0.15, 0.2) is 6.26 Å². The van der Waals surface area contributed by atoms with Crippen molar-refractivity contribution >= 4 is 11.2 Å². The van der Waals surface area contributed by atoms with Gasteiger partial charge in [-0.1, -0.05) is 0 Å². The highest BCUT2D eigenvalue weighted by Crippen LogP contribution is 2.13. The quantitative estimate of drug-likeness (QED) is 0.510. The first kappa shape index (κ1) is 3.78. The molecule has 2 aromatic heterocycles. The van der Waals surface area contributed by atoms with Crippen molar-refractivity contribution in [2.75, 3.05) is 0 Å². The van der Waals surface area contributed by atoms with E-state index in [0.717, 1.165) is 5.39 Å². The number of hydrogen-bond donors (Lipinski definition) is 0. The van der Waals surface area contributed by atoms with Crippen LogP contribution in [0, 0.1) is 12.3 Å². The molecule has 8 heavy (non-hydrogen) atoms. The Morgan fingerprint density at radius 1 is 1.50 bits per heavy atom. The Labute approximate surface area is 45.7 Å². The van der Waals surface area contributed by atoms with Gasteiger partial charge in [0.05, 0.1) is 11.6 Å². The van der Waals surface area contributed by atoms with Gasteiger partial charge in [-0.15, -0.1) is 0 Å². The van der Waals surface area contributed by atoms with Crippen LogP contribution in [-0.4, -0.2) is 0 Å². The molecule has 0 aliphatic carbocycles. The van der Waals surface area contributed by atoms with Crippen LogP contribution in [0.25, 0.3) is 11.2 Å². The first-order valence-electron chi connectivity index (χ1n) is 2.22. The Kier molecular flexibility index (Phi) is 0.545. The van der Waals surface area contributed by atoms with Gasteiger partial charge in [0.1, 0.15) is 0 Å². The molecule has 2 heteroatoms. The minimum Gasteiger partial charge on any atom is -0.433 e.